The van der Waals surface area contributed by atoms with Gasteiger partial charge in [-0.2, -0.15) is 0 Å². The van der Waals surface area contributed by atoms with Crippen molar-refractivity contribution in [2.45, 2.75) is 32.7 Å². The van der Waals surface area contributed by atoms with E-state index in [1.54, 1.807) is 13.1 Å². The van der Waals surface area contributed by atoms with Gasteiger partial charge in [-0.1, -0.05) is 11.4 Å². The minimum absolute atomic E-state index is 1.04. The Balaban J connectivity index is 5.99. The van der Waals surface area contributed by atoms with E-state index in [9.17, 15) is 178 Å². The van der Waals surface area contributed by atoms with Crippen LogP contribution in [0, 0.1) is 0 Å². The van der Waals surface area contributed by atoms with Gasteiger partial charge in [-0.05, 0) is 32.7 Å². The Kier molecular flexibility index (Phi) is 42.6. The molecule has 0 bridgehead atoms. The average Bonchev–Trinajstić information content (AvgIpc) is 0.834. The van der Waals surface area contributed by atoms with Gasteiger partial charge in [-0.25, -0.2) is 0 Å². The van der Waals surface area contributed by atoms with E-state index in [1.807, 2.05) is 0 Å². The molecule has 0 aliphatic carbocycles. The van der Waals surface area contributed by atoms with Crippen LogP contribution in [0.5, 0.6) is 0 Å². The molecule has 0 saturated heterocycles. The van der Waals surface area contributed by atoms with Crippen molar-refractivity contribution in [1.29, 1.82) is 0 Å². The fourth-order valence-corrected chi connectivity index (χ4v) is 500. The molecule has 0 saturated carbocycles. The van der Waals surface area contributed by atoms with E-state index >= 15 is 0 Å². The third kappa shape index (κ3) is 25.6. The minimum atomic E-state index is -4.87. The molecular formula is C9H21O42Si44. The van der Waals surface area contributed by atoms with E-state index in [4.69, 9.17) is 8.23 Å². The molecule has 0 amide bonds. The van der Waals surface area contributed by atoms with Crippen molar-refractivity contribution in [2.24, 2.45) is 0 Å². The Hall–Kier alpha value is 0.943. The lowest BCUT2D eigenvalue weighted by Crippen LogP contribution is -2.59. The highest BCUT2D eigenvalue weighted by Gasteiger charge is 2.61. The Labute approximate surface area is 580 Å². The summed E-state index contributed by atoms with van der Waals surface area (Å²) in [6.45, 7) is 14.2. The van der Waals surface area contributed by atoms with Crippen LogP contribution >= 0.6 is 0 Å². The molecule has 86 heteroatoms. The molecule has 0 aromatic rings. The SMILES string of the molecule is C=C[Si](C)O[Si](C)(C)[Si](=O)[Si](=O)[Si](=O)[Si](=O)[Si](=O)[Si](=O)[Si](=O)[Si](=O)[Si](=O)[Si](=O)[Si](=O)[Si](=O)[Si](=O)[Si](=O)[Si](=O)[Si](=O)[Si](=O)[Si](=O)[Si](=O)[Si](=O)[Si](=O)[Si](=O)[Si](=O)[Si](=O)[Si](=O)[Si](=O)[Si](=O)[Si](=O)[Si](=O)[Si](=O)[Si](=O)[Si](=O)[Si](=O)[Si](=O)[Si](=O)[Si](=O)[Si](=O)[Si](=O)[Si](=O)[Si](=O)[Si]O[Si](C)(C)C=C. The summed E-state index contributed by atoms with van der Waals surface area (Å²) >= 11 is 0. The molecule has 0 atom stereocenters. The molecule has 3 radical (unpaired) electrons. The quantitative estimate of drug-likeness (QED) is 0.0511. The summed E-state index contributed by atoms with van der Waals surface area (Å²) in [6, 6.07) is 0. The minimum Gasteiger partial charge on any atom is -0.451 e. The molecule has 0 spiro atoms. The molecule has 0 rings (SSSR count). The van der Waals surface area contributed by atoms with E-state index < -0.39 is 343 Å². The Morgan fingerprint density at radius 3 is 0.516 bits per heavy atom. The van der Waals surface area contributed by atoms with Crippen molar-refractivity contribution in [2.75, 3.05) is 0 Å². The largest absolute Gasteiger partial charge is 0.451 e. The molecular weight excluding hydrogens is 2020 g/mol. The Morgan fingerprint density at radius 2 is 0.379 bits per heavy atom. The summed E-state index contributed by atoms with van der Waals surface area (Å²) in [4.78, 5) is 0. The van der Waals surface area contributed by atoms with Crippen LogP contribution in [0.3, 0.4) is 0 Å². The second-order valence-corrected chi connectivity index (χ2v) is 227. The maximum atomic E-state index is 12.9. The zero-order chi connectivity index (χ0) is 75.2. The van der Waals surface area contributed by atoms with E-state index in [2.05, 4.69) is 13.2 Å². The van der Waals surface area contributed by atoms with Crippen LogP contribution in [0.1, 0.15) is 0 Å². The molecule has 0 fully saturated rings. The van der Waals surface area contributed by atoms with Crippen LogP contribution in [0.25, 0.3) is 0 Å². The summed E-state index contributed by atoms with van der Waals surface area (Å²) in [5.74, 6) is 0. The molecule has 0 aliphatic rings. The second kappa shape index (κ2) is 42.2. The van der Waals surface area contributed by atoms with Gasteiger partial charge in [0.15, 0.2) is 8.32 Å². The normalized spacial score (nSPS) is 10.5. The standard InChI is InChI=1S/C9H21O42Si44/c1-8-53(3)51-95(6,7)93(49)92(48)91(47)90(46)89(45)88(44)87(43)86(42)85(41)84(40)83(39)82(38)81(37)80(36)79(35)78(34)77(33)76(32)75(31)74(30)73(29)72(28)71(27)70(26)69(25)68(24)67(23)66(22)65(21)64(20)63(19)62(18)61(17)60(16)59(15)58(14)57(13)56(12)55(11)54(10)52-50-94(4,5)9-2/h8-9H,1-2H2,3-7H3. The van der Waals surface area contributed by atoms with Crippen LogP contribution in [0.15, 0.2) is 24.6 Å². The van der Waals surface area contributed by atoms with Gasteiger partial charge in [0.1, 0.15) is 0 Å². The van der Waals surface area contributed by atoms with Crippen molar-refractivity contribution in [3.05, 3.63) is 24.6 Å². The van der Waals surface area contributed by atoms with Crippen molar-refractivity contribution >= 4 is 343 Å². The van der Waals surface area contributed by atoms with Crippen molar-refractivity contribution < 1.29 is 187 Å². The molecule has 95 heavy (non-hydrogen) atoms. The van der Waals surface area contributed by atoms with Crippen LogP contribution < -0.4 is 0 Å². The van der Waals surface area contributed by atoms with Crippen LogP contribution in [-0.4, -0.2) is 343 Å². The monoisotopic (exact) mass is 2030 g/mol. The molecule has 0 aliphatic heterocycles. The van der Waals surface area contributed by atoms with E-state index in [1.165, 1.54) is 31.0 Å². The van der Waals surface area contributed by atoms with Gasteiger partial charge in [0.25, 0.3) is 9.28 Å². The number of hydrogen-bond acceptors (Lipinski definition) is 42. The predicted molar refractivity (Wildman–Crippen MR) is 333 cm³/mol. The maximum Gasteiger partial charge on any atom is 0.381 e. The average molecular weight is 2040 g/mol. The smallest absolute Gasteiger partial charge is 0.381 e. The number of rotatable bonds is 47. The molecule has 0 aromatic carbocycles. The topological polar surface area (TPSA) is 701 Å². The third-order valence-electron chi connectivity index (χ3n) is 10.2. The van der Waals surface area contributed by atoms with Gasteiger partial charge in [0.05, 0.1) is 0 Å². The van der Waals surface area contributed by atoms with Gasteiger partial charge in [0.2, 0.25) is 16.9 Å². The van der Waals surface area contributed by atoms with E-state index in [-0.39, 0.29) is 0 Å². The molecule has 42 nitrogen and oxygen atoms in total. The highest BCUT2D eigenvalue weighted by molar-refractivity contribution is 7.86. The lowest BCUT2D eigenvalue weighted by Gasteiger charge is -2.21. The summed E-state index contributed by atoms with van der Waals surface area (Å²) in [6.07, 6.45) is 0. The first-order valence-electron chi connectivity index (χ1n) is 23.1. The first kappa shape index (κ1) is 95.9. The Morgan fingerprint density at radius 1 is 0.242 bits per heavy atom. The van der Waals surface area contributed by atoms with Crippen LogP contribution in [0.4, 0.5) is 0 Å². The summed E-state index contributed by atoms with van der Waals surface area (Å²) in [7, 11) is -192. The molecule has 0 aromatic heterocycles. The molecule has 0 heterocycles. The van der Waals surface area contributed by atoms with Gasteiger partial charge in [-0.15, -0.1) is 13.2 Å². The van der Waals surface area contributed by atoms with Crippen molar-refractivity contribution in [1.82, 2.24) is 0 Å². The molecule has 0 N–H and O–H groups in total. The van der Waals surface area contributed by atoms with Gasteiger partial charge in [-0.3, -0.25) is 0 Å². The Bertz CT molecular complexity index is 4200. The highest BCUT2D eigenvalue weighted by Crippen LogP contribution is 2.08. The van der Waals surface area contributed by atoms with Gasteiger partial charge >= 0.3 is 309 Å². The summed E-state index contributed by atoms with van der Waals surface area (Å²) in [5.41, 5.74) is 2.71. The van der Waals surface area contributed by atoms with Gasteiger partial charge in [0, 0.05) is 0 Å². The first-order valence-corrected chi connectivity index (χ1v) is 129. The summed E-state index contributed by atoms with van der Waals surface area (Å²) < 4.78 is 523. The maximum absolute atomic E-state index is 12.9. The highest BCUT2D eigenvalue weighted by atomic mass is 30.2. The summed E-state index contributed by atoms with van der Waals surface area (Å²) in [5, 5.41) is 0. The fraction of sp³-hybridized carbons (Fsp3) is 0.556. The fourth-order valence-electron chi connectivity index (χ4n) is 4.95. The predicted octanol–water partition coefficient (Wildman–Crippen LogP) is -17.4. The lowest BCUT2D eigenvalue weighted by molar-refractivity contribution is 0.531. The third-order valence-corrected chi connectivity index (χ3v) is 342. The first-order chi connectivity index (χ1) is 43.2. The van der Waals surface area contributed by atoms with E-state index in [0.717, 1.165) is 0 Å². The van der Waals surface area contributed by atoms with Crippen LogP contribution in [-0.2, 0) is 187 Å². The van der Waals surface area contributed by atoms with Crippen molar-refractivity contribution in [3.63, 3.8) is 0 Å². The van der Waals surface area contributed by atoms with E-state index in [0.29, 0.717) is 0 Å². The van der Waals surface area contributed by atoms with Crippen LogP contribution in [0.2, 0.25) is 32.7 Å². The van der Waals surface area contributed by atoms with Crippen molar-refractivity contribution in [3.8, 4) is 0 Å². The zero-order valence-electron chi connectivity index (χ0n) is 46.7. The van der Waals surface area contributed by atoms with Gasteiger partial charge < -0.3 is 187 Å². The molecule has 0 unspecified atom stereocenters. The second-order valence-electron chi connectivity index (χ2n) is 17.6. The zero-order valence-corrected chi connectivity index (χ0v) is 90.7. The molecule has 485 valence electrons. The lowest BCUT2D eigenvalue weighted by atomic mass is 11.3. The number of hydrogen-bond donors (Lipinski definition) is 0.